The highest BCUT2D eigenvalue weighted by molar-refractivity contribution is 5.49. The van der Waals surface area contributed by atoms with E-state index in [0.717, 1.165) is 23.8 Å². The van der Waals surface area contributed by atoms with E-state index in [9.17, 15) is 8.78 Å². The Bertz CT molecular complexity index is 599. The van der Waals surface area contributed by atoms with Crippen molar-refractivity contribution >= 4 is 6.08 Å². The molecule has 2 fully saturated rings. The van der Waals surface area contributed by atoms with Crippen LogP contribution in [0.25, 0.3) is 6.08 Å². The molecule has 0 spiro atoms. The third-order valence-corrected chi connectivity index (χ3v) is 7.48. The highest BCUT2D eigenvalue weighted by atomic mass is 19.1. The molecule has 0 bridgehead atoms. The fourth-order valence-electron chi connectivity index (χ4n) is 5.67. The minimum Gasteiger partial charge on any atom is -0.207 e. The summed E-state index contributed by atoms with van der Waals surface area (Å²) in [4.78, 5) is 0. The lowest BCUT2D eigenvalue weighted by Gasteiger charge is -2.29. The van der Waals surface area contributed by atoms with Crippen LogP contribution in [0.15, 0.2) is 24.3 Å². The minimum atomic E-state index is -0.498. The molecule has 2 saturated carbocycles. The third kappa shape index (κ3) is 7.87. The van der Waals surface area contributed by atoms with Crippen molar-refractivity contribution in [1.29, 1.82) is 0 Å². The van der Waals surface area contributed by atoms with Crippen LogP contribution >= 0.6 is 0 Å². The molecule has 0 radical (unpaired) electrons. The number of halogens is 2. The fourth-order valence-corrected chi connectivity index (χ4v) is 5.67. The van der Waals surface area contributed by atoms with Crippen LogP contribution in [-0.2, 0) is 0 Å². The SMILES string of the molecule is CCCC1CCC(CCCCC2CCC(C=Cc3cc(F)cc(F)c3)CC2)CC1. The number of benzene rings is 1. The molecule has 2 aliphatic carbocycles. The molecule has 29 heavy (non-hydrogen) atoms. The summed E-state index contributed by atoms with van der Waals surface area (Å²) in [5, 5.41) is 0. The van der Waals surface area contributed by atoms with Gasteiger partial charge in [0.2, 0.25) is 0 Å². The van der Waals surface area contributed by atoms with Crippen molar-refractivity contribution in [2.75, 3.05) is 0 Å². The number of unbranched alkanes of at least 4 members (excludes halogenated alkanes) is 1. The first-order valence-corrected chi connectivity index (χ1v) is 12.3. The first-order chi connectivity index (χ1) is 14.1. The van der Waals surface area contributed by atoms with Gasteiger partial charge in [0, 0.05) is 6.07 Å². The molecule has 0 heterocycles. The van der Waals surface area contributed by atoms with Gasteiger partial charge in [0.15, 0.2) is 0 Å². The Morgan fingerprint density at radius 3 is 1.72 bits per heavy atom. The summed E-state index contributed by atoms with van der Waals surface area (Å²) in [6, 6.07) is 3.74. The van der Waals surface area contributed by atoms with Crippen molar-refractivity contribution < 1.29 is 8.78 Å². The van der Waals surface area contributed by atoms with Crippen molar-refractivity contribution in [2.24, 2.45) is 23.7 Å². The Hall–Kier alpha value is -1.18. The van der Waals surface area contributed by atoms with Gasteiger partial charge in [0.05, 0.1) is 0 Å². The van der Waals surface area contributed by atoms with Crippen LogP contribution in [0.1, 0.15) is 102 Å². The van der Waals surface area contributed by atoms with Crippen LogP contribution in [0.3, 0.4) is 0 Å². The van der Waals surface area contributed by atoms with Crippen LogP contribution in [0.2, 0.25) is 0 Å². The highest BCUT2D eigenvalue weighted by Gasteiger charge is 2.21. The number of rotatable bonds is 9. The molecule has 0 aliphatic heterocycles. The molecule has 0 aromatic heterocycles. The maximum absolute atomic E-state index is 13.3. The van der Waals surface area contributed by atoms with E-state index in [0.29, 0.717) is 11.5 Å². The van der Waals surface area contributed by atoms with Gasteiger partial charge < -0.3 is 0 Å². The van der Waals surface area contributed by atoms with Gasteiger partial charge in [-0.15, -0.1) is 0 Å². The number of hydrogen-bond acceptors (Lipinski definition) is 0. The molecule has 0 amide bonds. The lowest BCUT2D eigenvalue weighted by Crippen LogP contribution is -2.15. The van der Waals surface area contributed by atoms with Gasteiger partial charge >= 0.3 is 0 Å². The first-order valence-electron chi connectivity index (χ1n) is 12.3. The summed E-state index contributed by atoms with van der Waals surface area (Å²) in [6.45, 7) is 2.32. The van der Waals surface area contributed by atoms with Gasteiger partial charge in [-0.1, -0.05) is 83.3 Å². The average molecular weight is 403 g/mol. The summed E-state index contributed by atoms with van der Waals surface area (Å²) in [7, 11) is 0. The van der Waals surface area contributed by atoms with Crippen LogP contribution in [0, 0.1) is 35.3 Å². The fraction of sp³-hybridized carbons (Fsp3) is 0.704. The van der Waals surface area contributed by atoms with Crippen molar-refractivity contribution in [3.8, 4) is 0 Å². The van der Waals surface area contributed by atoms with Crippen molar-refractivity contribution in [3.05, 3.63) is 41.5 Å². The second kappa shape index (κ2) is 11.9. The average Bonchev–Trinajstić information content (AvgIpc) is 2.71. The summed E-state index contributed by atoms with van der Waals surface area (Å²) in [5.41, 5.74) is 0.633. The number of allylic oxidation sites excluding steroid dienone is 1. The van der Waals surface area contributed by atoms with E-state index in [2.05, 4.69) is 13.0 Å². The van der Waals surface area contributed by atoms with Gasteiger partial charge in [0.1, 0.15) is 11.6 Å². The summed E-state index contributed by atoms with van der Waals surface area (Å²) >= 11 is 0. The zero-order valence-corrected chi connectivity index (χ0v) is 18.4. The van der Waals surface area contributed by atoms with Gasteiger partial charge in [-0.05, 0) is 67.1 Å². The van der Waals surface area contributed by atoms with E-state index >= 15 is 0 Å². The summed E-state index contributed by atoms with van der Waals surface area (Å²) in [5.74, 6) is 2.50. The van der Waals surface area contributed by atoms with E-state index in [1.165, 1.54) is 102 Å². The monoisotopic (exact) mass is 402 g/mol. The maximum Gasteiger partial charge on any atom is 0.126 e. The van der Waals surface area contributed by atoms with Crippen molar-refractivity contribution in [1.82, 2.24) is 0 Å². The lowest BCUT2D eigenvalue weighted by atomic mass is 9.77. The van der Waals surface area contributed by atoms with Crippen LogP contribution in [0.4, 0.5) is 8.78 Å². The predicted molar refractivity (Wildman–Crippen MR) is 120 cm³/mol. The molecule has 2 aliphatic rings. The molecule has 0 unspecified atom stereocenters. The number of hydrogen-bond donors (Lipinski definition) is 0. The Labute approximate surface area is 177 Å². The quantitative estimate of drug-likeness (QED) is 0.362. The first kappa shape index (κ1) is 22.5. The maximum atomic E-state index is 13.3. The molecule has 0 N–H and O–H groups in total. The molecule has 0 saturated heterocycles. The zero-order valence-electron chi connectivity index (χ0n) is 18.4. The molecule has 0 nitrogen and oxygen atoms in total. The molecule has 1 aromatic rings. The molecule has 162 valence electrons. The highest BCUT2D eigenvalue weighted by Crippen LogP contribution is 2.36. The predicted octanol–water partition coefficient (Wildman–Crippen LogP) is 8.95. The van der Waals surface area contributed by atoms with Crippen LogP contribution < -0.4 is 0 Å². The second-order valence-corrected chi connectivity index (χ2v) is 9.80. The van der Waals surface area contributed by atoms with Gasteiger partial charge in [-0.3, -0.25) is 0 Å². The smallest absolute Gasteiger partial charge is 0.126 e. The summed E-state index contributed by atoms with van der Waals surface area (Å²) in [6.07, 6.45) is 23.6. The standard InChI is InChI=1S/C27H40F2/c1-2-5-21-8-10-22(11-9-21)6-3-4-7-23-12-14-24(15-13-23)16-17-25-18-26(28)20-27(29)19-25/h16-24H,2-15H2,1H3. The Balaban J connectivity index is 1.27. The largest absolute Gasteiger partial charge is 0.207 e. The topological polar surface area (TPSA) is 0 Å². The van der Waals surface area contributed by atoms with E-state index in [1.54, 1.807) is 0 Å². The Morgan fingerprint density at radius 2 is 1.21 bits per heavy atom. The minimum absolute atomic E-state index is 0.498. The van der Waals surface area contributed by atoms with E-state index in [-0.39, 0.29) is 0 Å². The molecule has 3 rings (SSSR count). The van der Waals surface area contributed by atoms with Gasteiger partial charge in [-0.2, -0.15) is 0 Å². The van der Waals surface area contributed by atoms with Gasteiger partial charge in [0.25, 0.3) is 0 Å². The third-order valence-electron chi connectivity index (χ3n) is 7.48. The normalized spacial score (nSPS) is 28.1. The van der Waals surface area contributed by atoms with Gasteiger partial charge in [-0.25, -0.2) is 8.78 Å². The van der Waals surface area contributed by atoms with E-state index < -0.39 is 11.6 Å². The second-order valence-electron chi connectivity index (χ2n) is 9.80. The lowest BCUT2D eigenvalue weighted by molar-refractivity contribution is 0.242. The van der Waals surface area contributed by atoms with Crippen molar-refractivity contribution in [3.63, 3.8) is 0 Å². The Morgan fingerprint density at radius 1 is 0.724 bits per heavy atom. The zero-order chi connectivity index (χ0) is 20.5. The summed E-state index contributed by atoms with van der Waals surface area (Å²) < 4.78 is 26.6. The van der Waals surface area contributed by atoms with Crippen LogP contribution in [-0.4, -0.2) is 0 Å². The molecule has 2 heteroatoms. The Kier molecular flexibility index (Phi) is 9.21. The van der Waals surface area contributed by atoms with E-state index in [4.69, 9.17) is 0 Å². The molecule has 0 atom stereocenters. The van der Waals surface area contributed by atoms with Crippen molar-refractivity contribution in [2.45, 2.75) is 96.8 Å². The van der Waals surface area contributed by atoms with Crippen LogP contribution in [0.5, 0.6) is 0 Å². The molecular weight excluding hydrogens is 362 g/mol. The van der Waals surface area contributed by atoms with E-state index in [1.807, 2.05) is 6.08 Å². The molecular formula is C27H40F2. The molecule has 1 aromatic carbocycles.